The maximum atomic E-state index is 12.9. The molecule has 26 heavy (non-hydrogen) atoms. The fourth-order valence-corrected chi connectivity index (χ4v) is 7.70. The molecule has 0 saturated carbocycles. The lowest BCUT2D eigenvalue weighted by Crippen LogP contribution is -2.46. The Morgan fingerprint density at radius 1 is 0.923 bits per heavy atom. The standard InChI is InChI=1S/C20H19NO2S3/c22-18-15-8-4-5-9-16(15)19(23)21(18)17(20-25-10-11-26-20)13-24-12-14-6-2-1-3-7-14/h1-9,17,20H,10-13H2/t17-/m0/s1. The molecule has 6 heteroatoms. The van der Waals surface area contributed by atoms with Crippen LogP contribution in [-0.4, -0.2) is 44.6 Å². The summed E-state index contributed by atoms with van der Waals surface area (Å²) in [6.07, 6.45) is 0. The highest BCUT2D eigenvalue weighted by atomic mass is 32.2. The number of hydrogen-bond acceptors (Lipinski definition) is 5. The topological polar surface area (TPSA) is 37.4 Å². The van der Waals surface area contributed by atoms with Gasteiger partial charge >= 0.3 is 0 Å². The second-order valence-electron chi connectivity index (χ2n) is 6.20. The summed E-state index contributed by atoms with van der Waals surface area (Å²) in [4.78, 5) is 27.4. The van der Waals surface area contributed by atoms with Crippen molar-refractivity contribution >= 4 is 47.1 Å². The summed E-state index contributed by atoms with van der Waals surface area (Å²) in [6.45, 7) is 0. The smallest absolute Gasteiger partial charge is 0.261 e. The van der Waals surface area contributed by atoms with E-state index in [1.165, 1.54) is 10.5 Å². The van der Waals surface area contributed by atoms with Gasteiger partial charge in [-0.05, 0) is 17.7 Å². The van der Waals surface area contributed by atoms with Crippen molar-refractivity contribution in [3.63, 3.8) is 0 Å². The number of amides is 2. The van der Waals surface area contributed by atoms with Gasteiger partial charge in [0.15, 0.2) is 0 Å². The zero-order chi connectivity index (χ0) is 17.9. The molecular weight excluding hydrogens is 382 g/mol. The highest BCUT2D eigenvalue weighted by molar-refractivity contribution is 8.20. The molecule has 1 atom stereocenters. The third-order valence-corrected chi connectivity index (χ3v) is 8.87. The number of carbonyl (C=O) groups is 2. The highest BCUT2D eigenvalue weighted by Gasteiger charge is 2.43. The monoisotopic (exact) mass is 401 g/mol. The molecule has 0 aromatic heterocycles. The van der Waals surface area contributed by atoms with Crippen molar-refractivity contribution in [1.29, 1.82) is 0 Å². The van der Waals surface area contributed by atoms with Crippen molar-refractivity contribution in [2.75, 3.05) is 17.3 Å². The molecule has 2 amide bonds. The van der Waals surface area contributed by atoms with Crippen molar-refractivity contribution in [3.8, 4) is 0 Å². The number of hydrogen-bond donors (Lipinski definition) is 0. The second-order valence-corrected chi connectivity index (χ2v) is 10.0. The molecule has 2 aliphatic rings. The Labute approximate surface area is 166 Å². The third kappa shape index (κ3) is 3.55. The summed E-state index contributed by atoms with van der Waals surface area (Å²) in [5.74, 6) is 3.55. The van der Waals surface area contributed by atoms with Crippen LogP contribution in [0.3, 0.4) is 0 Å². The molecule has 1 saturated heterocycles. The average molecular weight is 402 g/mol. The van der Waals surface area contributed by atoms with E-state index in [0.717, 1.165) is 23.0 Å². The fraction of sp³-hybridized carbons (Fsp3) is 0.300. The van der Waals surface area contributed by atoms with E-state index in [0.29, 0.717) is 11.1 Å². The minimum absolute atomic E-state index is 0.0754. The summed E-state index contributed by atoms with van der Waals surface area (Å²) in [6, 6.07) is 17.4. The number of nitrogens with zero attached hydrogens (tertiary/aromatic N) is 1. The van der Waals surface area contributed by atoms with Crippen LogP contribution in [0.4, 0.5) is 0 Å². The maximum Gasteiger partial charge on any atom is 0.261 e. The number of rotatable bonds is 6. The van der Waals surface area contributed by atoms with Crippen molar-refractivity contribution in [2.45, 2.75) is 16.4 Å². The number of fused-ring (bicyclic) bond motifs is 1. The molecule has 134 valence electrons. The van der Waals surface area contributed by atoms with E-state index in [9.17, 15) is 9.59 Å². The Morgan fingerprint density at radius 3 is 2.12 bits per heavy atom. The van der Waals surface area contributed by atoms with Gasteiger partial charge in [0.2, 0.25) is 0 Å². The molecule has 2 aliphatic heterocycles. The van der Waals surface area contributed by atoms with Gasteiger partial charge in [0.25, 0.3) is 11.8 Å². The Kier molecular flexibility index (Phi) is 5.62. The summed E-state index contributed by atoms with van der Waals surface area (Å²) >= 11 is 5.54. The summed E-state index contributed by atoms with van der Waals surface area (Å²) < 4.78 is 0.264. The van der Waals surface area contributed by atoms with Crippen molar-refractivity contribution < 1.29 is 9.59 Å². The zero-order valence-electron chi connectivity index (χ0n) is 14.2. The van der Waals surface area contributed by atoms with Crippen LogP contribution in [0.5, 0.6) is 0 Å². The van der Waals surface area contributed by atoms with Crippen molar-refractivity contribution in [3.05, 3.63) is 71.3 Å². The van der Waals surface area contributed by atoms with Crippen LogP contribution in [0.15, 0.2) is 54.6 Å². The van der Waals surface area contributed by atoms with Crippen LogP contribution in [0.25, 0.3) is 0 Å². The first kappa shape index (κ1) is 18.0. The first-order valence-corrected chi connectivity index (χ1v) is 11.8. The minimum Gasteiger partial charge on any atom is -0.269 e. The van der Waals surface area contributed by atoms with Gasteiger partial charge in [0.1, 0.15) is 0 Å². The molecule has 2 aromatic carbocycles. The highest BCUT2D eigenvalue weighted by Crippen LogP contribution is 2.40. The molecule has 0 unspecified atom stereocenters. The number of thioether (sulfide) groups is 3. The van der Waals surface area contributed by atoms with Gasteiger partial charge in [0, 0.05) is 23.0 Å². The van der Waals surface area contributed by atoms with Crippen LogP contribution >= 0.6 is 35.3 Å². The van der Waals surface area contributed by atoms with E-state index in [1.807, 2.05) is 53.9 Å². The molecule has 0 N–H and O–H groups in total. The van der Waals surface area contributed by atoms with E-state index in [2.05, 4.69) is 12.1 Å². The maximum absolute atomic E-state index is 12.9. The molecule has 0 spiro atoms. The van der Waals surface area contributed by atoms with Crippen molar-refractivity contribution in [1.82, 2.24) is 4.90 Å². The predicted octanol–water partition coefficient (Wildman–Crippen LogP) is 4.39. The van der Waals surface area contributed by atoms with E-state index in [4.69, 9.17) is 0 Å². The molecule has 2 heterocycles. The lowest BCUT2D eigenvalue weighted by molar-refractivity contribution is 0.0610. The first-order valence-electron chi connectivity index (χ1n) is 8.57. The van der Waals surface area contributed by atoms with E-state index in [1.54, 1.807) is 23.9 Å². The largest absolute Gasteiger partial charge is 0.269 e. The van der Waals surface area contributed by atoms with Crippen LogP contribution in [0, 0.1) is 0 Å². The molecule has 4 rings (SSSR count). The Hall–Kier alpha value is -1.37. The number of imide groups is 1. The van der Waals surface area contributed by atoms with Gasteiger partial charge in [-0.3, -0.25) is 14.5 Å². The molecule has 0 aliphatic carbocycles. The van der Waals surface area contributed by atoms with Crippen LogP contribution < -0.4 is 0 Å². The van der Waals surface area contributed by atoms with E-state index < -0.39 is 0 Å². The van der Waals surface area contributed by atoms with Crippen LogP contribution in [-0.2, 0) is 5.75 Å². The van der Waals surface area contributed by atoms with Crippen LogP contribution in [0.2, 0.25) is 0 Å². The SMILES string of the molecule is O=C1c2ccccc2C(=O)N1[C@@H](CSCc1ccccc1)C1SCCS1. The fourth-order valence-electron chi connectivity index (χ4n) is 3.25. The van der Waals surface area contributed by atoms with Gasteiger partial charge in [-0.2, -0.15) is 11.8 Å². The lowest BCUT2D eigenvalue weighted by atomic mass is 10.1. The molecule has 0 bridgehead atoms. The summed E-state index contributed by atoms with van der Waals surface area (Å²) in [7, 11) is 0. The normalized spacial score (nSPS) is 18.4. The van der Waals surface area contributed by atoms with E-state index in [-0.39, 0.29) is 22.4 Å². The van der Waals surface area contributed by atoms with Gasteiger partial charge in [-0.1, -0.05) is 42.5 Å². The summed E-state index contributed by atoms with van der Waals surface area (Å²) in [5.41, 5.74) is 2.36. The van der Waals surface area contributed by atoms with E-state index >= 15 is 0 Å². The number of carbonyl (C=O) groups excluding carboxylic acids is 2. The Bertz CT molecular complexity index is 771. The summed E-state index contributed by atoms with van der Waals surface area (Å²) in [5, 5.41) is 0. The molecule has 1 fully saturated rings. The predicted molar refractivity (Wildman–Crippen MR) is 112 cm³/mol. The molecule has 0 radical (unpaired) electrons. The van der Waals surface area contributed by atoms with Gasteiger partial charge in [-0.25, -0.2) is 0 Å². The third-order valence-electron chi connectivity index (χ3n) is 4.52. The quantitative estimate of drug-likeness (QED) is 0.671. The lowest BCUT2D eigenvalue weighted by Gasteiger charge is -2.30. The van der Waals surface area contributed by atoms with Gasteiger partial charge in [-0.15, -0.1) is 23.5 Å². The average Bonchev–Trinajstić information content (AvgIpc) is 3.29. The van der Waals surface area contributed by atoms with Gasteiger partial charge < -0.3 is 0 Å². The first-order chi connectivity index (χ1) is 12.8. The zero-order valence-corrected chi connectivity index (χ0v) is 16.6. The molecular formula is C20H19NO2S3. The molecule has 2 aromatic rings. The minimum atomic E-state index is -0.135. The molecule has 3 nitrogen and oxygen atoms in total. The Balaban J connectivity index is 1.52. The van der Waals surface area contributed by atoms with Gasteiger partial charge in [0.05, 0.1) is 21.8 Å². The van der Waals surface area contributed by atoms with Crippen LogP contribution in [0.1, 0.15) is 26.3 Å². The Morgan fingerprint density at radius 2 is 1.50 bits per heavy atom. The van der Waals surface area contributed by atoms with Crippen molar-refractivity contribution in [2.24, 2.45) is 0 Å². The second kappa shape index (κ2) is 8.11. The number of benzene rings is 2.